The highest BCUT2D eigenvalue weighted by Gasteiger charge is 2.16. The van der Waals surface area contributed by atoms with Gasteiger partial charge in [0.2, 0.25) is 0 Å². The van der Waals surface area contributed by atoms with Crippen LogP contribution in [0, 0.1) is 0 Å². The largest absolute Gasteiger partial charge is 0.481 e. The second-order valence-electron chi connectivity index (χ2n) is 5.10. The van der Waals surface area contributed by atoms with E-state index >= 15 is 0 Å². The Morgan fingerprint density at radius 1 is 1.15 bits per heavy atom. The van der Waals surface area contributed by atoms with E-state index < -0.39 is 24.4 Å². The number of hydrazine groups is 1. The average molecular weight is 394 g/mol. The number of carboxylic acids is 1. The first kappa shape index (κ1) is 17.8. The molecular formula is C16H12ClN3O5S. The highest BCUT2D eigenvalue weighted by Crippen LogP contribution is 2.29. The number of benzene rings is 1. The molecule has 10 heteroatoms. The van der Waals surface area contributed by atoms with E-state index in [4.69, 9.17) is 21.4 Å². The van der Waals surface area contributed by atoms with Crippen LogP contribution in [0.25, 0.3) is 10.2 Å². The van der Waals surface area contributed by atoms with Crippen molar-refractivity contribution in [1.82, 2.24) is 15.8 Å². The Hall–Kier alpha value is -3.04. The summed E-state index contributed by atoms with van der Waals surface area (Å²) in [6.07, 6.45) is 0. The van der Waals surface area contributed by atoms with E-state index in [9.17, 15) is 14.4 Å². The molecule has 2 aromatic heterocycles. The molecule has 0 saturated carbocycles. The van der Waals surface area contributed by atoms with E-state index in [1.165, 1.54) is 23.5 Å². The van der Waals surface area contributed by atoms with Gasteiger partial charge in [-0.1, -0.05) is 23.7 Å². The van der Waals surface area contributed by atoms with Crippen molar-refractivity contribution in [1.29, 1.82) is 0 Å². The molecule has 4 N–H and O–H groups in total. The predicted molar refractivity (Wildman–Crippen MR) is 95.7 cm³/mol. The van der Waals surface area contributed by atoms with Gasteiger partial charge in [-0.2, -0.15) is 0 Å². The normalized spacial score (nSPS) is 10.5. The lowest BCUT2D eigenvalue weighted by Crippen LogP contribution is -2.41. The Balaban J connectivity index is 1.65. The Morgan fingerprint density at radius 2 is 1.88 bits per heavy atom. The lowest BCUT2D eigenvalue weighted by molar-refractivity contribution is -0.139. The molecule has 0 aliphatic heterocycles. The molecule has 8 nitrogen and oxygen atoms in total. The molecule has 26 heavy (non-hydrogen) atoms. The quantitative estimate of drug-likeness (QED) is 0.496. The van der Waals surface area contributed by atoms with Gasteiger partial charge in [0.25, 0.3) is 11.8 Å². The summed E-state index contributed by atoms with van der Waals surface area (Å²) in [5.74, 6) is -2.26. The number of hydrogen-bond donors (Lipinski definition) is 4. The molecule has 0 radical (unpaired) electrons. The predicted octanol–water partition coefficient (Wildman–Crippen LogP) is 2.42. The van der Waals surface area contributed by atoms with Gasteiger partial charge in [0.05, 0.1) is 9.90 Å². The van der Waals surface area contributed by atoms with E-state index in [0.29, 0.717) is 4.34 Å². The van der Waals surface area contributed by atoms with Crippen molar-refractivity contribution in [3.63, 3.8) is 0 Å². The fraction of sp³-hybridized carbons (Fsp3) is 0.0625. The number of amides is 2. The van der Waals surface area contributed by atoms with Crippen LogP contribution < -0.4 is 15.6 Å². The lowest BCUT2D eigenvalue weighted by atomic mass is 10.2. The summed E-state index contributed by atoms with van der Waals surface area (Å²) in [6, 6.07) is 9.44. The maximum atomic E-state index is 12.2. The minimum Gasteiger partial charge on any atom is -0.481 e. The summed E-state index contributed by atoms with van der Waals surface area (Å²) < 4.78 is 5.66. The summed E-state index contributed by atoms with van der Waals surface area (Å²) in [6.45, 7) is -0.585. The zero-order chi connectivity index (χ0) is 18.7. The van der Waals surface area contributed by atoms with Crippen LogP contribution in [0.15, 0.2) is 36.4 Å². The van der Waals surface area contributed by atoms with Gasteiger partial charge >= 0.3 is 5.97 Å². The third kappa shape index (κ3) is 3.95. The Kier molecular flexibility index (Phi) is 5.10. The molecule has 0 bridgehead atoms. The minimum absolute atomic E-state index is 0.0910. The summed E-state index contributed by atoms with van der Waals surface area (Å²) in [5.41, 5.74) is 4.90. The number of carboxylic acid groups (broad SMARTS) is 1. The topological polar surface area (TPSA) is 121 Å². The highest BCUT2D eigenvalue weighted by molar-refractivity contribution is 7.22. The first-order valence-electron chi connectivity index (χ1n) is 7.26. The Labute approximate surface area is 155 Å². The van der Waals surface area contributed by atoms with Crippen molar-refractivity contribution in [3.8, 4) is 5.75 Å². The third-order valence-corrected chi connectivity index (χ3v) is 4.49. The van der Waals surface area contributed by atoms with Gasteiger partial charge in [-0.15, -0.1) is 11.3 Å². The molecular weight excluding hydrogens is 382 g/mol. The number of carbonyl (C=O) groups is 3. The molecule has 0 atom stereocenters. The Morgan fingerprint density at radius 3 is 2.62 bits per heavy atom. The molecule has 0 aliphatic rings. The zero-order valence-corrected chi connectivity index (χ0v) is 14.6. The molecule has 0 unspecified atom stereocenters. The van der Waals surface area contributed by atoms with Crippen LogP contribution in [-0.2, 0) is 4.79 Å². The number of aliphatic carboxylic acids is 1. The molecule has 2 heterocycles. The van der Waals surface area contributed by atoms with Crippen LogP contribution in [0.5, 0.6) is 5.75 Å². The van der Waals surface area contributed by atoms with Crippen LogP contribution in [0.3, 0.4) is 0 Å². The fourth-order valence-corrected chi connectivity index (χ4v) is 3.31. The number of carbonyl (C=O) groups excluding carboxylic acids is 2. The number of halogens is 1. The maximum absolute atomic E-state index is 12.2. The molecule has 3 rings (SSSR count). The van der Waals surface area contributed by atoms with Crippen molar-refractivity contribution < 1.29 is 24.2 Å². The summed E-state index contributed by atoms with van der Waals surface area (Å²) in [7, 11) is 0. The van der Waals surface area contributed by atoms with Crippen molar-refractivity contribution in [2.75, 3.05) is 6.61 Å². The van der Waals surface area contributed by atoms with Crippen LogP contribution in [-0.4, -0.2) is 34.5 Å². The molecule has 134 valence electrons. The van der Waals surface area contributed by atoms with Crippen molar-refractivity contribution in [3.05, 3.63) is 52.0 Å². The van der Waals surface area contributed by atoms with Crippen molar-refractivity contribution >= 4 is 50.9 Å². The standard InChI is InChI=1S/C16H12ClN3O5S/c17-12-6-8-5-10(18-16(8)26-12)15(24)20-19-14(23)9-3-1-2-4-11(9)25-7-13(21)22/h1-6,18H,7H2,(H,19,23)(H,20,24)(H,21,22). The first-order valence-corrected chi connectivity index (χ1v) is 8.46. The SMILES string of the molecule is O=C(O)COc1ccccc1C(=O)NNC(=O)c1cc2cc(Cl)sc2[nH]1. The van der Waals surface area contributed by atoms with Gasteiger partial charge in [0.15, 0.2) is 6.61 Å². The molecule has 1 aromatic carbocycles. The van der Waals surface area contributed by atoms with Crippen LogP contribution in [0.4, 0.5) is 0 Å². The smallest absolute Gasteiger partial charge is 0.341 e. The van der Waals surface area contributed by atoms with Gasteiger partial charge in [-0.05, 0) is 24.3 Å². The van der Waals surface area contributed by atoms with Crippen molar-refractivity contribution in [2.24, 2.45) is 0 Å². The van der Waals surface area contributed by atoms with Crippen LogP contribution >= 0.6 is 22.9 Å². The third-order valence-electron chi connectivity index (χ3n) is 3.30. The number of nitrogens with one attached hydrogen (secondary N) is 3. The summed E-state index contributed by atoms with van der Waals surface area (Å²) in [5, 5.41) is 9.47. The van der Waals surface area contributed by atoms with Gasteiger partial charge in [0, 0.05) is 5.39 Å². The fourth-order valence-electron chi connectivity index (χ4n) is 2.18. The number of hydrogen-bond acceptors (Lipinski definition) is 5. The second kappa shape index (κ2) is 7.46. The van der Waals surface area contributed by atoms with Gasteiger partial charge in [-0.25, -0.2) is 4.79 Å². The van der Waals surface area contributed by atoms with Crippen LogP contribution in [0.1, 0.15) is 20.8 Å². The number of rotatable bonds is 5. The van der Waals surface area contributed by atoms with E-state index in [-0.39, 0.29) is 17.0 Å². The number of fused-ring (bicyclic) bond motifs is 1. The molecule has 0 saturated heterocycles. The molecule has 0 spiro atoms. The number of ether oxygens (including phenoxy) is 1. The highest BCUT2D eigenvalue weighted by atomic mass is 35.5. The van der Waals surface area contributed by atoms with E-state index in [2.05, 4.69) is 15.8 Å². The molecule has 0 fully saturated rings. The second-order valence-corrected chi connectivity index (χ2v) is 6.79. The molecule has 0 aliphatic carbocycles. The zero-order valence-electron chi connectivity index (χ0n) is 13.0. The number of H-pyrrole nitrogens is 1. The van der Waals surface area contributed by atoms with E-state index in [1.807, 2.05) is 0 Å². The Bertz CT molecular complexity index is 965. The number of para-hydroxylation sites is 1. The number of aromatic nitrogens is 1. The van der Waals surface area contributed by atoms with E-state index in [0.717, 1.165) is 10.2 Å². The summed E-state index contributed by atoms with van der Waals surface area (Å²) in [4.78, 5) is 38.6. The van der Waals surface area contributed by atoms with Gasteiger partial charge in [-0.3, -0.25) is 20.4 Å². The number of aromatic amines is 1. The van der Waals surface area contributed by atoms with Gasteiger partial charge in [0.1, 0.15) is 16.3 Å². The maximum Gasteiger partial charge on any atom is 0.341 e. The monoisotopic (exact) mass is 393 g/mol. The number of thiophene rings is 1. The van der Waals surface area contributed by atoms with E-state index in [1.54, 1.807) is 24.3 Å². The molecule has 3 aromatic rings. The van der Waals surface area contributed by atoms with Crippen LogP contribution in [0.2, 0.25) is 4.34 Å². The summed E-state index contributed by atoms with van der Waals surface area (Å²) >= 11 is 7.18. The lowest BCUT2D eigenvalue weighted by Gasteiger charge is -2.10. The molecule has 2 amide bonds. The minimum atomic E-state index is -1.17. The van der Waals surface area contributed by atoms with Crippen molar-refractivity contribution in [2.45, 2.75) is 0 Å². The average Bonchev–Trinajstić information content (AvgIpc) is 3.15. The van der Waals surface area contributed by atoms with Gasteiger partial charge < -0.3 is 14.8 Å². The first-order chi connectivity index (χ1) is 12.4.